The van der Waals surface area contributed by atoms with E-state index in [4.69, 9.17) is 0 Å². The van der Waals surface area contributed by atoms with Gasteiger partial charge in [0.05, 0.1) is 9.31 Å². The number of sulfonamides is 2. The summed E-state index contributed by atoms with van der Waals surface area (Å²) >= 11 is 0. The quantitative estimate of drug-likeness (QED) is 0.549. The van der Waals surface area contributed by atoms with Crippen LogP contribution in [0.2, 0.25) is 0 Å². The molecule has 0 saturated carbocycles. The van der Waals surface area contributed by atoms with Crippen molar-refractivity contribution in [3.63, 3.8) is 0 Å². The highest BCUT2D eigenvalue weighted by Crippen LogP contribution is 2.16. The van der Waals surface area contributed by atoms with Crippen molar-refractivity contribution in [2.24, 2.45) is 0 Å². The lowest BCUT2D eigenvalue weighted by Gasteiger charge is -2.12. The maximum Gasteiger partial charge on any atom is 0.393 e. The van der Waals surface area contributed by atoms with Crippen molar-refractivity contribution in [1.29, 1.82) is 0 Å². The fourth-order valence-electron chi connectivity index (χ4n) is 2.26. The molecule has 0 unspecified atom stereocenters. The first kappa shape index (κ1) is 20.6. The Hall–Kier alpha value is -1.74. The molecule has 0 amide bonds. The molecule has 0 spiro atoms. The lowest BCUT2D eigenvalue weighted by Crippen LogP contribution is -2.51. The number of nitrogens with one attached hydrogen (secondary N) is 1. The molecule has 26 heavy (non-hydrogen) atoms. The number of rotatable bonds is 8. The molecule has 1 N–H and O–H groups in total. The van der Waals surface area contributed by atoms with E-state index < -0.39 is 20.0 Å². The first-order valence-electron chi connectivity index (χ1n) is 8.35. The summed E-state index contributed by atoms with van der Waals surface area (Å²) in [5.41, 5.74) is 1.84. The lowest BCUT2D eigenvalue weighted by atomic mass is 10.2. The molecule has 2 aromatic rings. The minimum Gasteiger partial charge on any atom is -0.202 e. The molecule has 6 nitrogen and oxygen atoms in total. The smallest absolute Gasteiger partial charge is 0.202 e. The van der Waals surface area contributed by atoms with Crippen molar-refractivity contribution in [2.75, 3.05) is 6.54 Å². The second kappa shape index (κ2) is 8.30. The second-order valence-electron chi connectivity index (χ2n) is 6.15. The molecule has 0 aliphatic heterocycles. The van der Waals surface area contributed by atoms with E-state index >= 15 is 0 Å². The third-order valence-electron chi connectivity index (χ3n) is 3.88. The maximum absolute atomic E-state index is 12.9. The summed E-state index contributed by atoms with van der Waals surface area (Å²) < 4.78 is 51.9. The summed E-state index contributed by atoms with van der Waals surface area (Å²) in [5.74, 6) is 0. The van der Waals surface area contributed by atoms with Gasteiger partial charge in [-0.25, -0.2) is 8.42 Å². The Kier molecular flexibility index (Phi) is 6.57. The van der Waals surface area contributed by atoms with Crippen LogP contribution in [0.5, 0.6) is 0 Å². The van der Waals surface area contributed by atoms with E-state index in [1.165, 1.54) is 24.3 Å². The number of benzene rings is 2. The van der Waals surface area contributed by atoms with Gasteiger partial charge in [-0.2, -0.15) is 8.42 Å². The summed E-state index contributed by atoms with van der Waals surface area (Å²) in [6.45, 7) is 5.66. The summed E-state index contributed by atoms with van der Waals surface area (Å²) in [4.78, 5) is 2.30. The second-order valence-corrected chi connectivity index (χ2v) is 9.67. The third-order valence-corrected chi connectivity index (χ3v) is 7.07. The highest BCUT2D eigenvalue weighted by molar-refractivity contribution is 7.92. The number of unbranched alkanes of at least 4 members (excludes halogenated alkanes) is 1. The minimum atomic E-state index is -4.01. The van der Waals surface area contributed by atoms with Gasteiger partial charge in [0.25, 0.3) is 10.0 Å². The average Bonchev–Trinajstić information content (AvgIpc) is 2.59. The van der Waals surface area contributed by atoms with Gasteiger partial charge in [-0.1, -0.05) is 48.7 Å². The number of hydrogen-bond acceptors (Lipinski definition) is 4. The maximum atomic E-state index is 12.9. The topological polar surface area (TPSA) is 86.2 Å². The molecular weight excluding hydrogens is 372 g/mol. The van der Waals surface area contributed by atoms with Gasteiger partial charge in [-0.15, -0.1) is 0 Å². The van der Waals surface area contributed by atoms with Gasteiger partial charge in [0.1, 0.15) is 4.90 Å². The molecular formula is C18H24N2O4S2+. The molecule has 141 valence electrons. The van der Waals surface area contributed by atoms with Crippen LogP contribution in [0.1, 0.15) is 30.9 Å². The number of aryl methyl sites for hydroxylation is 2. The zero-order chi connectivity index (χ0) is 19.4. The molecule has 0 fully saturated rings. The highest BCUT2D eigenvalue weighted by atomic mass is 32.2. The van der Waals surface area contributed by atoms with Gasteiger partial charge in [-0.3, -0.25) is 0 Å². The first-order chi connectivity index (χ1) is 12.2. The number of nitrogens with zero attached hydrogens (tertiary/aromatic N) is 1. The Balaban J connectivity index is 2.37. The van der Waals surface area contributed by atoms with Crippen LogP contribution in [0, 0.1) is 13.8 Å². The molecule has 0 saturated heterocycles. The standard InChI is InChI=1S/C18H24N2O4S2/c1-4-5-14-20(26(23,24)18-12-8-16(3)9-13-18)19-25(21,22)17-10-6-15(2)7-11-17/h6-13,19H,4-5,14H2,1-3H3/q+1. The fourth-order valence-corrected chi connectivity index (χ4v) is 5.01. The third kappa shape index (κ3) is 4.91. The van der Waals surface area contributed by atoms with Crippen LogP contribution in [-0.4, -0.2) is 23.4 Å². The zero-order valence-corrected chi connectivity index (χ0v) is 16.8. The summed E-state index contributed by atoms with van der Waals surface area (Å²) in [5, 5.41) is 0. The van der Waals surface area contributed by atoms with Crippen LogP contribution >= 0.6 is 0 Å². The van der Waals surface area contributed by atoms with Gasteiger partial charge in [0, 0.05) is 11.3 Å². The molecule has 1 radical (unpaired) electrons. The Morgan fingerprint density at radius 3 is 1.73 bits per heavy atom. The first-order valence-corrected chi connectivity index (χ1v) is 11.3. The SMILES string of the molecule is CCCC[N+](NS(=O)(=O)c1ccc(C)cc1)S(=O)(=O)c1ccc(C)cc1. The Morgan fingerprint density at radius 2 is 1.27 bits per heavy atom. The highest BCUT2D eigenvalue weighted by Gasteiger charge is 2.39. The largest absolute Gasteiger partial charge is 0.393 e. The molecule has 0 aliphatic carbocycles. The summed E-state index contributed by atoms with van der Waals surface area (Å²) in [7, 11) is -8.01. The van der Waals surface area contributed by atoms with Crippen molar-refractivity contribution in [2.45, 2.75) is 43.4 Å². The van der Waals surface area contributed by atoms with Crippen LogP contribution in [0.3, 0.4) is 0 Å². The summed E-state index contributed by atoms with van der Waals surface area (Å²) in [6.07, 6.45) is 1.26. The average molecular weight is 397 g/mol. The van der Waals surface area contributed by atoms with Crippen molar-refractivity contribution in [3.05, 3.63) is 59.7 Å². The van der Waals surface area contributed by atoms with Crippen LogP contribution in [0.25, 0.3) is 0 Å². The predicted octanol–water partition coefficient (Wildman–Crippen LogP) is 2.83. The van der Waals surface area contributed by atoms with Gasteiger partial charge in [0.2, 0.25) is 0 Å². The Bertz CT molecular complexity index is 936. The van der Waals surface area contributed by atoms with Crippen LogP contribution in [-0.2, 0) is 20.0 Å². The van der Waals surface area contributed by atoms with E-state index in [0.717, 1.165) is 22.0 Å². The lowest BCUT2D eigenvalue weighted by molar-refractivity contribution is 0.463. The van der Waals surface area contributed by atoms with E-state index in [2.05, 4.69) is 4.83 Å². The Labute approximate surface area is 155 Å². The molecule has 2 aromatic carbocycles. The molecule has 2 rings (SSSR count). The number of hydrazine groups is 1. The molecule has 0 atom stereocenters. The Morgan fingerprint density at radius 1 is 0.808 bits per heavy atom. The summed E-state index contributed by atoms with van der Waals surface area (Å²) in [6, 6.07) is 12.5. The molecule has 8 heteroatoms. The molecule has 0 bridgehead atoms. The molecule has 0 aliphatic rings. The monoisotopic (exact) mass is 396 g/mol. The van der Waals surface area contributed by atoms with E-state index in [1.54, 1.807) is 24.3 Å². The van der Waals surface area contributed by atoms with E-state index in [9.17, 15) is 16.8 Å². The van der Waals surface area contributed by atoms with Crippen molar-refractivity contribution >= 4 is 20.0 Å². The van der Waals surface area contributed by atoms with Crippen LogP contribution in [0.4, 0.5) is 0 Å². The number of hydrogen-bond donors (Lipinski definition) is 1. The van der Waals surface area contributed by atoms with Gasteiger partial charge in [-0.05, 0) is 38.1 Å². The van der Waals surface area contributed by atoms with Gasteiger partial charge in [0.15, 0.2) is 6.54 Å². The van der Waals surface area contributed by atoms with Gasteiger partial charge < -0.3 is 0 Å². The fraction of sp³-hybridized carbons (Fsp3) is 0.333. The molecule has 0 heterocycles. The predicted molar refractivity (Wildman–Crippen MR) is 102 cm³/mol. The normalized spacial score (nSPS) is 12.5. The van der Waals surface area contributed by atoms with E-state index in [0.29, 0.717) is 6.42 Å². The minimum absolute atomic E-state index is 0.0173. The molecule has 0 aromatic heterocycles. The van der Waals surface area contributed by atoms with E-state index in [-0.39, 0.29) is 16.3 Å². The van der Waals surface area contributed by atoms with Crippen molar-refractivity contribution in [1.82, 2.24) is 9.25 Å². The van der Waals surface area contributed by atoms with Crippen LogP contribution in [0.15, 0.2) is 58.3 Å². The van der Waals surface area contributed by atoms with Gasteiger partial charge >= 0.3 is 10.0 Å². The van der Waals surface area contributed by atoms with Crippen molar-refractivity contribution < 1.29 is 16.8 Å². The zero-order valence-electron chi connectivity index (χ0n) is 15.1. The van der Waals surface area contributed by atoms with E-state index in [1.807, 2.05) is 20.8 Å². The van der Waals surface area contributed by atoms with Crippen molar-refractivity contribution in [3.8, 4) is 0 Å². The van der Waals surface area contributed by atoms with Crippen LogP contribution < -0.4 is 9.25 Å².